The molecular weight excluding hydrogens is 748 g/mol. The van der Waals surface area contributed by atoms with Gasteiger partial charge >= 0.3 is 11.9 Å². The summed E-state index contributed by atoms with van der Waals surface area (Å²) in [5.41, 5.74) is 3.06. The summed E-state index contributed by atoms with van der Waals surface area (Å²) in [6.45, 7) is 15.3. The van der Waals surface area contributed by atoms with Crippen LogP contribution < -0.4 is 4.90 Å². The molecule has 0 radical (unpaired) electrons. The van der Waals surface area contributed by atoms with Crippen molar-refractivity contribution in [3.63, 3.8) is 0 Å². The van der Waals surface area contributed by atoms with E-state index in [1.165, 1.54) is 16.9 Å². The number of amides is 2. The molecule has 2 aromatic carbocycles. The molecule has 0 saturated carbocycles. The van der Waals surface area contributed by atoms with Crippen LogP contribution in [0.25, 0.3) is 0 Å². The first-order valence-corrected chi connectivity index (χ1v) is 20.2. The number of esters is 2. The van der Waals surface area contributed by atoms with E-state index >= 15 is 0 Å². The average molecular weight is 807 g/mol. The van der Waals surface area contributed by atoms with Crippen molar-refractivity contribution in [2.75, 3.05) is 26.1 Å². The Kier molecular flexibility index (Phi) is 13.5. The number of carbonyl (C=O) groups excluding carboxylic acids is 4. The Morgan fingerprint density at radius 1 is 1.11 bits per heavy atom. The molecule has 2 saturated heterocycles. The summed E-state index contributed by atoms with van der Waals surface area (Å²) in [5, 5.41) is 12.3. The van der Waals surface area contributed by atoms with Crippen molar-refractivity contribution in [3.05, 3.63) is 87.0 Å². The second-order valence-electron chi connectivity index (χ2n) is 17.0. The van der Waals surface area contributed by atoms with Crippen LogP contribution in [0.15, 0.2) is 54.1 Å². The smallest absolute Gasteiger partial charge is 0.328 e. The molecule has 0 aliphatic carbocycles. The third-order valence-corrected chi connectivity index (χ3v) is 12.4. The van der Waals surface area contributed by atoms with E-state index in [4.69, 9.17) is 30.5 Å². The number of methoxy groups -OCH3 is 1. The largest absolute Gasteiger partial charge is 0.462 e. The highest BCUT2D eigenvalue weighted by Crippen LogP contribution is 2.49. The van der Waals surface area contributed by atoms with Gasteiger partial charge in [0, 0.05) is 39.1 Å². The van der Waals surface area contributed by atoms with Crippen LogP contribution in [-0.4, -0.2) is 96.6 Å². The van der Waals surface area contributed by atoms with E-state index in [-0.39, 0.29) is 31.1 Å². The first-order valence-electron chi connectivity index (χ1n) is 19.8. The van der Waals surface area contributed by atoms with Gasteiger partial charge in [0.25, 0.3) is 5.91 Å². The first kappa shape index (κ1) is 44.1. The van der Waals surface area contributed by atoms with Crippen molar-refractivity contribution >= 4 is 41.0 Å². The summed E-state index contributed by atoms with van der Waals surface area (Å²) in [4.78, 5) is 57.8. The van der Waals surface area contributed by atoms with Crippen LogP contribution in [0.3, 0.4) is 0 Å². The number of aryl methyl sites for hydroxylation is 2. The molecule has 0 unspecified atom stereocenters. The predicted octanol–water partition coefficient (Wildman–Crippen LogP) is 6.88. The van der Waals surface area contributed by atoms with Crippen molar-refractivity contribution in [2.45, 2.75) is 129 Å². The van der Waals surface area contributed by atoms with Crippen LogP contribution >= 0.6 is 11.6 Å². The fourth-order valence-corrected chi connectivity index (χ4v) is 8.41. The molecule has 3 heterocycles. The van der Waals surface area contributed by atoms with Gasteiger partial charge in [0.05, 0.1) is 29.7 Å². The molecule has 310 valence electrons. The van der Waals surface area contributed by atoms with Crippen molar-refractivity contribution in [3.8, 4) is 0 Å². The Morgan fingerprint density at radius 2 is 1.81 bits per heavy atom. The molecule has 2 aromatic rings. The van der Waals surface area contributed by atoms with Crippen molar-refractivity contribution in [1.29, 1.82) is 0 Å². The molecule has 57 heavy (non-hydrogen) atoms. The number of ether oxygens (including phenoxy) is 4. The fraction of sp³-hybridized carbons (Fsp3) is 0.556. The first-order chi connectivity index (χ1) is 26.7. The third kappa shape index (κ3) is 9.65. The second-order valence-corrected chi connectivity index (χ2v) is 17.4. The number of likely N-dealkylation sites (N-methyl/N-ethyl adjacent to an activating group) is 1. The highest BCUT2D eigenvalue weighted by Gasteiger charge is 2.64. The molecule has 3 aliphatic rings. The van der Waals surface area contributed by atoms with Gasteiger partial charge in [-0.3, -0.25) is 14.4 Å². The number of hydrogen-bond acceptors (Lipinski definition) is 9. The average Bonchev–Trinajstić information content (AvgIpc) is 3.84. The van der Waals surface area contributed by atoms with Crippen LogP contribution in [0, 0.1) is 25.7 Å². The molecule has 4 bridgehead atoms. The maximum absolute atomic E-state index is 14.2. The SMILES string of the molecule is CO[C@@H]1/C=C/C=C(\C)Cc2cc(C)c(Cl)c(c2)N(C)C(=O)C[C@H](OC(=O)[C@H](C)N(C)C(=O)c2ccc(CC(C)C)c(C)c2)[C@]2(C)O[C@H]2[C@H](C)[C@@H]2C[C@@]1(O)CC(=O)O2. The number of hydrogen-bond donors (Lipinski definition) is 1. The number of anilines is 1. The van der Waals surface area contributed by atoms with Crippen molar-refractivity contribution in [2.24, 2.45) is 11.8 Å². The summed E-state index contributed by atoms with van der Waals surface area (Å²) >= 11 is 6.82. The van der Waals surface area contributed by atoms with E-state index in [9.17, 15) is 24.3 Å². The molecule has 0 aromatic heterocycles. The minimum absolute atomic E-state index is 0.0684. The van der Waals surface area contributed by atoms with Gasteiger partial charge in [-0.05, 0) is 93.8 Å². The topological polar surface area (TPSA) is 135 Å². The number of epoxide rings is 1. The minimum Gasteiger partial charge on any atom is -0.462 e. The molecule has 2 fully saturated rings. The quantitative estimate of drug-likeness (QED) is 0.235. The zero-order valence-electron chi connectivity index (χ0n) is 35.2. The van der Waals surface area contributed by atoms with Gasteiger partial charge in [0.1, 0.15) is 35.6 Å². The normalized spacial score (nSPS) is 30.1. The minimum atomic E-state index is -1.57. The van der Waals surface area contributed by atoms with Gasteiger partial charge in [-0.1, -0.05) is 68.3 Å². The lowest BCUT2D eigenvalue weighted by molar-refractivity contribution is -0.187. The molecule has 5 rings (SSSR count). The molecule has 8 atom stereocenters. The Morgan fingerprint density at radius 3 is 2.46 bits per heavy atom. The lowest BCUT2D eigenvalue weighted by Crippen LogP contribution is -2.53. The molecule has 12 heteroatoms. The zero-order valence-corrected chi connectivity index (χ0v) is 35.9. The van der Waals surface area contributed by atoms with E-state index < -0.39 is 59.5 Å². The third-order valence-electron chi connectivity index (χ3n) is 11.9. The van der Waals surface area contributed by atoms with Crippen LogP contribution in [0.4, 0.5) is 5.69 Å². The highest BCUT2D eigenvalue weighted by molar-refractivity contribution is 6.34. The summed E-state index contributed by atoms with van der Waals surface area (Å²) in [5.74, 6) is -2.04. The Labute approximate surface area is 342 Å². The van der Waals surface area contributed by atoms with E-state index in [2.05, 4.69) is 13.8 Å². The lowest BCUT2D eigenvalue weighted by atomic mass is 9.78. The Balaban J connectivity index is 1.48. The number of carbonyl (C=O) groups is 4. The van der Waals surface area contributed by atoms with Crippen LogP contribution in [0.1, 0.15) is 93.4 Å². The van der Waals surface area contributed by atoms with Gasteiger partial charge < -0.3 is 33.9 Å². The monoisotopic (exact) mass is 806 g/mol. The number of fused-ring (bicyclic) bond motifs is 5. The van der Waals surface area contributed by atoms with Crippen molar-refractivity contribution < 1.29 is 43.2 Å². The van der Waals surface area contributed by atoms with Gasteiger partial charge in [-0.2, -0.15) is 0 Å². The Bertz CT molecular complexity index is 1940. The van der Waals surface area contributed by atoms with Crippen LogP contribution in [0.2, 0.25) is 5.02 Å². The maximum atomic E-state index is 14.2. The predicted molar refractivity (Wildman–Crippen MR) is 219 cm³/mol. The second kappa shape index (κ2) is 17.4. The van der Waals surface area contributed by atoms with Gasteiger partial charge in [0.15, 0.2) is 0 Å². The maximum Gasteiger partial charge on any atom is 0.328 e. The van der Waals surface area contributed by atoms with E-state index in [0.29, 0.717) is 28.6 Å². The highest BCUT2D eigenvalue weighted by atomic mass is 35.5. The van der Waals surface area contributed by atoms with E-state index in [0.717, 1.165) is 34.2 Å². The summed E-state index contributed by atoms with van der Waals surface area (Å²) in [6, 6.07) is 8.39. The fourth-order valence-electron chi connectivity index (χ4n) is 8.17. The standard InChI is InChI=1S/C45H59ClN2O9/c1-25(2)17-32-15-16-33(20-27(32)4)42(51)47(9)30(7)43(52)56-37-22-38(49)48(10)34-21-31(19-28(5)40(34)46)18-26(3)13-12-14-36(54-11)45(53)23-35(55-39(50)24-45)29(6)41-44(37,8)57-41/h12-16,19-21,25,29-30,35-37,41,53H,17-18,22-24H2,1-11H3/b14-12+,26-13+/t29-,30+,35+,36-,37+,41+,44+,45-/m1/s1. The van der Waals surface area contributed by atoms with Crippen LogP contribution in [0.5, 0.6) is 0 Å². The number of rotatable bonds is 7. The number of aliphatic hydroxyl groups is 1. The summed E-state index contributed by atoms with van der Waals surface area (Å²) < 4.78 is 24.1. The van der Waals surface area contributed by atoms with Crippen LogP contribution in [-0.2, 0) is 46.2 Å². The molecular formula is C45H59ClN2O9. The number of nitrogens with zero attached hydrogens (tertiary/aromatic N) is 2. The number of halogens is 1. The van der Waals surface area contributed by atoms with Gasteiger partial charge in [0.2, 0.25) is 5.91 Å². The molecule has 1 N–H and O–H groups in total. The molecule has 3 aliphatic heterocycles. The number of allylic oxidation sites excluding steroid dienone is 3. The summed E-state index contributed by atoms with van der Waals surface area (Å²) in [6.07, 6.45) is 3.11. The van der Waals surface area contributed by atoms with Crippen molar-refractivity contribution in [1.82, 2.24) is 4.90 Å². The molecule has 2 amide bonds. The van der Waals surface area contributed by atoms with Gasteiger partial charge in [-0.15, -0.1) is 0 Å². The molecule has 0 spiro atoms. The summed E-state index contributed by atoms with van der Waals surface area (Å²) in [7, 11) is 4.66. The number of benzene rings is 2. The van der Waals surface area contributed by atoms with E-state index in [1.54, 1.807) is 40.1 Å². The Hall–Kier alpha value is -4.03. The van der Waals surface area contributed by atoms with Gasteiger partial charge in [-0.25, -0.2) is 4.79 Å². The molecule has 11 nitrogen and oxygen atoms in total. The van der Waals surface area contributed by atoms with E-state index in [1.807, 2.05) is 64.1 Å². The lowest BCUT2D eigenvalue weighted by Gasteiger charge is -2.41. The zero-order chi connectivity index (χ0) is 42.1.